The average molecular weight is 617 g/mol. The number of ether oxygens (including phenoxy) is 2. The standard InChI is InChI=1S/C31H32N6O4S2/c1-17(2)18-8-10-19(11-9-18)27-21(15-32)29(33)37(22-6-5-7-23(38)28(22)27)30-35-36-31(43-30)42-16-26(39)34-20-12-13-24(40-3)25(14-20)41-4/h8-14,17,27H,5-7,16,33H2,1-4H3,(H,34,39). The third kappa shape index (κ3) is 6.09. The maximum absolute atomic E-state index is 13.4. The number of hydrogen-bond acceptors (Lipinski definition) is 11. The number of carbonyl (C=O) groups is 2. The molecule has 2 heterocycles. The number of nitrogens with two attached hydrogens (primary N) is 1. The number of hydrogen-bond donors (Lipinski definition) is 2. The van der Waals surface area contributed by atoms with E-state index in [0.717, 1.165) is 11.3 Å². The molecule has 0 spiro atoms. The largest absolute Gasteiger partial charge is 0.493 e. The molecule has 0 bridgehead atoms. The molecule has 43 heavy (non-hydrogen) atoms. The van der Waals surface area contributed by atoms with E-state index in [9.17, 15) is 14.9 Å². The van der Waals surface area contributed by atoms with Crippen molar-refractivity contribution >= 4 is 45.6 Å². The zero-order chi connectivity index (χ0) is 30.7. The molecule has 0 saturated carbocycles. The first kappa shape index (κ1) is 30.1. The number of ketones is 1. The van der Waals surface area contributed by atoms with Crippen molar-refractivity contribution in [1.82, 2.24) is 10.2 Å². The van der Waals surface area contributed by atoms with E-state index in [1.807, 2.05) is 24.3 Å². The Balaban J connectivity index is 1.38. The quantitative estimate of drug-likeness (QED) is 0.287. The minimum absolute atomic E-state index is 0.00961. The molecule has 222 valence electrons. The van der Waals surface area contributed by atoms with Crippen LogP contribution in [0.15, 0.2) is 69.5 Å². The zero-order valence-electron chi connectivity index (χ0n) is 24.3. The number of nitrogens with one attached hydrogen (secondary N) is 1. The van der Waals surface area contributed by atoms with Gasteiger partial charge in [-0.2, -0.15) is 5.26 Å². The Bertz CT molecular complexity index is 1660. The second-order valence-electron chi connectivity index (χ2n) is 10.4. The summed E-state index contributed by atoms with van der Waals surface area (Å²) >= 11 is 2.49. The number of anilines is 2. The number of methoxy groups -OCH3 is 2. The molecule has 12 heteroatoms. The maximum atomic E-state index is 13.4. The molecule has 1 aliphatic heterocycles. The van der Waals surface area contributed by atoms with Crippen LogP contribution in [0.4, 0.5) is 10.8 Å². The third-order valence-electron chi connectivity index (χ3n) is 7.43. The summed E-state index contributed by atoms with van der Waals surface area (Å²) in [5.41, 5.74) is 10.9. The van der Waals surface area contributed by atoms with Crippen LogP contribution < -0.4 is 25.4 Å². The molecule has 3 N–H and O–H groups in total. The number of aromatic nitrogens is 2. The second kappa shape index (κ2) is 12.9. The van der Waals surface area contributed by atoms with Crippen molar-refractivity contribution in [2.45, 2.75) is 49.3 Å². The highest BCUT2D eigenvalue weighted by atomic mass is 32.2. The molecule has 1 amide bonds. The Morgan fingerprint density at radius 3 is 2.58 bits per heavy atom. The van der Waals surface area contributed by atoms with E-state index in [-0.39, 0.29) is 23.3 Å². The maximum Gasteiger partial charge on any atom is 0.234 e. The van der Waals surface area contributed by atoms with Gasteiger partial charge in [0.2, 0.25) is 11.0 Å². The van der Waals surface area contributed by atoms with Crippen LogP contribution in [0.3, 0.4) is 0 Å². The molecule has 1 unspecified atom stereocenters. The van der Waals surface area contributed by atoms with E-state index in [4.69, 9.17) is 15.2 Å². The van der Waals surface area contributed by atoms with Crippen molar-refractivity contribution in [2.24, 2.45) is 5.73 Å². The van der Waals surface area contributed by atoms with Gasteiger partial charge in [-0.15, -0.1) is 10.2 Å². The fourth-order valence-electron chi connectivity index (χ4n) is 5.30. The first-order chi connectivity index (χ1) is 20.7. The van der Waals surface area contributed by atoms with Crippen molar-refractivity contribution in [3.63, 3.8) is 0 Å². The van der Waals surface area contributed by atoms with E-state index >= 15 is 0 Å². The first-order valence-electron chi connectivity index (χ1n) is 13.8. The summed E-state index contributed by atoms with van der Waals surface area (Å²) in [4.78, 5) is 27.8. The highest BCUT2D eigenvalue weighted by Crippen LogP contribution is 2.47. The molecule has 2 aromatic carbocycles. The smallest absolute Gasteiger partial charge is 0.234 e. The number of nitrogens with zero attached hydrogens (tertiary/aromatic N) is 4. The molecule has 5 rings (SSSR count). The van der Waals surface area contributed by atoms with Crippen LogP contribution >= 0.6 is 23.1 Å². The monoisotopic (exact) mass is 616 g/mol. The SMILES string of the molecule is COc1ccc(NC(=O)CSc2nnc(N3C(N)=C(C#N)C(c4ccc(C(C)C)cc4)C4=C3CCCC4=O)s2)cc1OC. The van der Waals surface area contributed by atoms with Gasteiger partial charge in [0.1, 0.15) is 5.82 Å². The number of thioether (sulfide) groups is 1. The van der Waals surface area contributed by atoms with Gasteiger partial charge in [0.05, 0.1) is 37.5 Å². The fourth-order valence-corrected chi connectivity index (χ4v) is 6.98. The summed E-state index contributed by atoms with van der Waals surface area (Å²) in [6.45, 7) is 4.24. The number of benzene rings is 2. The number of nitriles is 1. The van der Waals surface area contributed by atoms with Crippen molar-refractivity contribution in [1.29, 1.82) is 5.26 Å². The van der Waals surface area contributed by atoms with Gasteiger partial charge in [0, 0.05) is 29.4 Å². The lowest BCUT2D eigenvalue weighted by Crippen LogP contribution is -2.38. The average Bonchev–Trinajstić information content (AvgIpc) is 3.48. The molecule has 0 radical (unpaired) electrons. The molecule has 1 aromatic heterocycles. The predicted octanol–water partition coefficient (Wildman–Crippen LogP) is 5.71. The molecule has 3 aromatic rings. The summed E-state index contributed by atoms with van der Waals surface area (Å²) in [5.74, 6) is 1.02. The van der Waals surface area contributed by atoms with Crippen molar-refractivity contribution in [3.05, 3.63) is 76.3 Å². The van der Waals surface area contributed by atoms with Gasteiger partial charge < -0.3 is 20.5 Å². The molecule has 10 nitrogen and oxygen atoms in total. The second-order valence-corrected chi connectivity index (χ2v) is 12.6. The van der Waals surface area contributed by atoms with Crippen molar-refractivity contribution < 1.29 is 19.1 Å². The van der Waals surface area contributed by atoms with Crippen LogP contribution in [0.1, 0.15) is 56.1 Å². The number of rotatable bonds is 9. The minimum Gasteiger partial charge on any atom is -0.493 e. The predicted molar refractivity (Wildman–Crippen MR) is 167 cm³/mol. The van der Waals surface area contributed by atoms with Gasteiger partial charge in [-0.25, -0.2) is 0 Å². The van der Waals surface area contributed by atoms with Gasteiger partial charge in [-0.05, 0) is 42.0 Å². The van der Waals surface area contributed by atoms with Crippen LogP contribution in [0.25, 0.3) is 0 Å². The van der Waals surface area contributed by atoms with Crippen molar-refractivity contribution in [2.75, 3.05) is 30.2 Å². The zero-order valence-corrected chi connectivity index (χ0v) is 26.0. The Hall–Kier alpha value is -4.34. The third-order valence-corrected chi connectivity index (χ3v) is 9.47. The van der Waals surface area contributed by atoms with Crippen LogP contribution in [0.2, 0.25) is 0 Å². The summed E-state index contributed by atoms with van der Waals surface area (Å²) in [6.07, 6.45) is 1.72. The van der Waals surface area contributed by atoms with Gasteiger partial charge in [0.15, 0.2) is 21.6 Å². The lowest BCUT2D eigenvalue weighted by atomic mass is 9.75. The highest BCUT2D eigenvalue weighted by molar-refractivity contribution is 8.01. The molecule has 0 fully saturated rings. The van der Waals surface area contributed by atoms with Gasteiger partial charge in [-0.3, -0.25) is 14.5 Å². The summed E-state index contributed by atoms with van der Waals surface area (Å²) in [6, 6.07) is 15.5. The van der Waals surface area contributed by atoms with Crippen LogP contribution in [-0.2, 0) is 9.59 Å². The summed E-state index contributed by atoms with van der Waals surface area (Å²) < 4.78 is 11.1. The Morgan fingerprint density at radius 1 is 1.16 bits per heavy atom. The number of carbonyl (C=O) groups excluding carboxylic acids is 2. The fraction of sp³-hybridized carbons (Fsp3) is 0.323. The number of Topliss-reactive ketones (excluding diaryl/α,β-unsaturated/α-hetero) is 1. The number of allylic oxidation sites excluding steroid dienone is 3. The van der Waals surface area contributed by atoms with E-state index < -0.39 is 5.92 Å². The summed E-state index contributed by atoms with van der Waals surface area (Å²) in [7, 11) is 3.08. The highest BCUT2D eigenvalue weighted by Gasteiger charge is 2.41. The van der Waals surface area contributed by atoms with E-state index in [1.165, 1.54) is 35.8 Å². The van der Waals surface area contributed by atoms with Crippen molar-refractivity contribution in [3.8, 4) is 17.6 Å². The van der Waals surface area contributed by atoms with Gasteiger partial charge >= 0.3 is 0 Å². The minimum atomic E-state index is -0.535. The van der Waals surface area contributed by atoms with Crippen LogP contribution in [-0.4, -0.2) is 41.9 Å². The molecular weight excluding hydrogens is 585 g/mol. The van der Waals surface area contributed by atoms with Crippen LogP contribution in [0.5, 0.6) is 11.5 Å². The molecule has 0 saturated heterocycles. The molecule has 1 aliphatic carbocycles. The first-order valence-corrected chi connectivity index (χ1v) is 15.6. The Morgan fingerprint density at radius 2 is 1.91 bits per heavy atom. The Kier molecular flexibility index (Phi) is 9.03. The Labute approximate surface area is 258 Å². The van der Waals surface area contributed by atoms with E-state index in [1.54, 1.807) is 30.2 Å². The summed E-state index contributed by atoms with van der Waals surface area (Å²) in [5, 5.41) is 22.2. The molecule has 2 aliphatic rings. The topological polar surface area (TPSA) is 143 Å². The number of amides is 1. The van der Waals surface area contributed by atoms with E-state index in [0.29, 0.717) is 63.0 Å². The molecule has 1 atom stereocenters. The normalized spacial score (nSPS) is 16.7. The lowest BCUT2D eigenvalue weighted by Gasteiger charge is -2.38. The molecular formula is C31H32N6O4S2. The van der Waals surface area contributed by atoms with Crippen LogP contribution in [0, 0.1) is 11.3 Å². The van der Waals surface area contributed by atoms with E-state index in [2.05, 4.69) is 35.4 Å². The van der Waals surface area contributed by atoms with Gasteiger partial charge in [0.25, 0.3) is 0 Å². The lowest BCUT2D eigenvalue weighted by molar-refractivity contribution is -0.116. The van der Waals surface area contributed by atoms with Gasteiger partial charge in [-0.1, -0.05) is 61.2 Å².